The minimum atomic E-state index is -0.950. The summed E-state index contributed by atoms with van der Waals surface area (Å²) < 4.78 is 5.55. The van der Waals surface area contributed by atoms with Gasteiger partial charge in [0.2, 0.25) is 0 Å². The van der Waals surface area contributed by atoms with Crippen LogP contribution in [0.15, 0.2) is 36.4 Å². The molecule has 0 spiro atoms. The van der Waals surface area contributed by atoms with Crippen LogP contribution >= 0.6 is 0 Å². The van der Waals surface area contributed by atoms with Gasteiger partial charge in [-0.3, -0.25) is 10.1 Å². The van der Waals surface area contributed by atoms with Crippen molar-refractivity contribution in [2.45, 2.75) is 31.2 Å². The fourth-order valence-corrected chi connectivity index (χ4v) is 6.04. The molecule has 2 aliphatic carbocycles. The van der Waals surface area contributed by atoms with E-state index in [0.717, 1.165) is 30.4 Å². The molecule has 0 amide bonds. The van der Waals surface area contributed by atoms with Crippen molar-refractivity contribution in [1.29, 1.82) is 0 Å². The highest BCUT2D eigenvalue weighted by atomic mass is 16.6. The predicted octanol–water partition coefficient (Wildman–Crippen LogP) is 4.60. The largest absolute Gasteiger partial charge is 0.495 e. The molecule has 1 aliphatic heterocycles. The zero-order valence-corrected chi connectivity index (χ0v) is 16.0. The first-order valence-corrected chi connectivity index (χ1v) is 9.94. The van der Waals surface area contributed by atoms with Crippen LogP contribution < -0.4 is 10.1 Å². The highest BCUT2D eigenvalue weighted by Gasteiger charge is 2.56. The van der Waals surface area contributed by atoms with E-state index in [9.17, 15) is 20.0 Å². The average molecular weight is 394 g/mol. The number of fused-ring (bicyclic) bond motifs is 7. The number of ether oxygens (including phenoxy) is 1. The number of nitro benzene ring substituents is 1. The Morgan fingerprint density at radius 2 is 1.90 bits per heavy atom. The molecule has 1 heterocycles. The van der Waals surface area contributed by atoms with Gasteiger partial charge < -0.3 is 15.2 Å². The molecule has 2 N–H and O–H groups in total. The van der Waals surface area contributed by atoms with Crippen LogP contribution in [0.25, 0.3) is 0 Å². The van der Waals surface area contributed by atoms with E-state index in [0.29, 0.717) is 23.3 Å². The number of methoxy groups -OCH3 is 1. The van der Waals surface area contributed by atoms with E-state index in [-0.39, 0.29) is 34.1 Å². The average Bonchev–Trinajstić information content (AvgIpc) is 3.34. The summed E-state index contributed by atoms with van der Waals surface area (Å²) in [5.41, 5.74) is 2.92. The lowest BCUT2D eigenvalue weighted by Gasteiger charge is -2.43. The first kappa shape index (κ1) is 18.0. The third-order valence-electron chi connectivity index (χ3n) is 7.12. The van der Waals surface area contributed by atoms with Crippen LogP contribution in [0, 0.1) is 27.9 Å². The molecule has 150 valence electrons. The zero-order chi connectivity index (χ0) is 20.3. The molecule has 7 heteroatoms. The first-order valence-electron chi connectivity index (χ1n) is 9.94. The molecule has 2 bridgehead atoms. The number of nitro groups is 1. The SMILES string of the molecule is COc1ccc([N+](=O)[O-])c2c1N[C@H](c1ccc(C(=O)O)cc1)[C@@H]1[C@H]3CC[C@@H](C3)[C@@H]21. The lowest BCUT2D eigenvalue weighted by Crippen LogP contribution is -2.36. The highest BCUT2D eigenvalue weighted by Crippen LogP contribution is 2.65. The molecule has 0 aromatic heterocycles. The van der Waals surface area contributed by atoms with E-state index >= 15 is 0 Å². The van der Waals surface area contributed by atoms with Crippen LogP contribution in [-0.4, -0.2) is 23.1 Å². The second-order valence-electron chi connectivity index (χ2n) is 8.32. The van der Waals surface area contributed by atoms with Crippen molar-refractivity contribution in [2.24, 2.45) is 17.8 Å². The molecular weight excluding hydrogens is 372 g/mol. The number of carbonyl (C=O) groups is 1. The maximum atomic E-state index is 11.8. The maximum absolute atomic E-state index is 11.8. The van der Waals surface area contributed by atoms with Gasteiger partial charge in [-0.05, 0) is 60.8 Å². The van der Waals surface area contributed by atoms with Crippen LogP contribution in [0.5, 0.6) is 5.75 Å². The minimum absolute atomic E-state index is 0.0263. The van der Waals surface area contributed by atoms with Gasteiger partial charge in [0, 0.05) is 12.0 Å². The third-order valence-corrected chi connectivity index (χ3v) is 7.12. The van der Waals surface area contributed by atoms with E-state index in [1.165, 1.54) is 0 Å². The Balaban J connectivity index is 1.66. The fourth-order valence-electron chi connectivity index (χ4n) is 6.04. The zero-order valence-electron chi connectivity index (χ0n) is 16.0. The van der Waals surface area contributed by atoms with Gasteiger partial charge in [-0.25, -0.2) is 4.79 Å². The Kier molecular flexibility index (Phi) is 4.01. The summed E-state index contributed by atoms with van der Waals surface area (Å²) in [4.78, 5) is 22.7. The number of aromatic carboxylic acids is 1. The standard InChI is InChI=1S/C22H22N2O5/c1-29-16-9-8-15(24(27)28)19-17-13-6-7-14(10-13)18(17)20(23-21(16)19)11-2-4-12(5-3-11)22(25)26/h2-5,8-9,13-14,17-18,20,23H,6-7,10H2,1H3,(H,25,26)/t13-,14-,17+,18+,20+/m0/s1. The predicted molar refractivity (Wildman–Crippen MR) is 106 cm³/mol. The van der Waals surface area contributed by atoms with Crippen molar-refractivity contribution in [2.75, 3.05) is 12.4 Å². The Hall–Kier alpha value is -3.09. The van der Waals surface area contributed by atoms with Gasteiger partial charge in [-0.2, -0.15) is 0 Å². The molecule has 0 saturated heterocycles. The lowest BCUT2D eigenvalue weighted by molar-refractivity contribution is -0.385. The Labute approximate surface area is 167 Å². The van der Waals surface area contributed by atoms with Crippen LogP contribution in [0.3, 0.4) is 0 Å². The number of rotatable bonds is 4. The smallest absolute Gasteiger partial charge is 0.335 e. The molecule has 0 radical (unpaired) electrons. The Bertz CT molecular complexity index is 1000. The monoisotopic (exact) mass is 394 g/mol. The van der Waals surface area contributed by atoms with Gasteiger partial charge in [-0.15, -0.1) is 0 Å². The van der Waals surface area contributed by atoms with Gasteiger partial charge in [0.1, 0.15) is 5.75 Å². The summed E-state index contributed by atoms with van der Waals surface area (Å²) in [5, 5.41) is 24.6. The highest BCUT2D eigenvalue weighted by molar-refractivity contribution is 5.87. The first-order chi connectivity index (χ1) is 14.0. The number of carboxylic acid groups (broad SMARTS) is 1. The molecule has 29 heavy (non-hydrogen) atoms. The number of hydrogen-bond donors (Lipinski definition) is 2. The van der Waals surface area contributed by atoms with Crippen molar-refractivity contribution in [3.63, 3.8) is 0 Å². The molecular formula is C22H22N2O5. The van der Waals surface area contributed by atoms with Crippen molar-refractivity contribution in [3.05, 3.63) is 63.2 Å². The summed E-state index contributed by atoms with van der Waals surface area (Å²) in [6, 6.07) is 10.2. The number of nitrogens with one attached hydrogen (secondary N) is 1. The quantitative estimate of drug-likeness (QED) is 0.580. The maximum Gasteiger partial charge on any atom is 0.335 e. The van der Waals surface area contributed by atoms with E-state index in [1.54, 1.807) is 31.4 Å². The molecule has 5 atom stereocenters. The van der Waals surface area contributed by atoms with E-state index in [1.807, 2.05) is 12.1 Å². The molecule has 2 fully saturated rings. The summed E-state index contributed by atoms with van der Waals surface area (Å²) in [7, 11) is 1.58. The van der Waals surface area contributed by atoms with Crippen molar-refractivity contribution in [1.82, 2.24) is 0 Å². The normalized spacial score (nSPS) is 28.9. The van der Waals surface area contributed by atoms with E-state index in [4.69, 9.17) is 4.74 Å². The van der Waals surface area contributed by atoms with Crippen molar-refractivity contribution >= 4 is 17.3 Å². The molecule has 7 nitrogen and oxygen atoms in total. The molecule has 2 aromatic rings. The van der Waals surface area contributed by atoms with Gasteiger partial charge in [0.05, 0.1) is 34.9 Å². The summed E-state index contributed by atoms with van der Waals surface area (Å²) in [5.74, 6) is 0.984. The fraction of sp³-hybridized carbons (Fsp3) is 0.409. The van der Waals surface area contributed by atoms with Gasteiger partial charge in [0.25, 0.3) is 5.69 Å². The molecule has 0 unspecified atom stereocenters. The Morgan fingerprint density at radius 1 is 1.17 bits per heavy atom. The summed E-state index contributed by atoms with van der Waals surface area (Å²) in [6.45, 7) is 0. The van der Waals surface area contributed by atoms with E-state index < -0.39 is 5.97 Å². The second-order valence-corrected chi connectivity index (χ2v) is 8.32. The minimum Gasteiger partial charge on any atom is -0.495 e. The van der Waals surface area contributed by atoms with Crippen LogP contribution in [0.4, 0.5) is 11.4 Å². The number of benzene rings is 2. The van der Waals surface area contributed by atoms with Gasteiger partial charge in [0.15, 0.2) is 0 Å². The van der Waals surface area contributed by atoms with Gasteiger partial charge in [-0.1, -0.05) is 12.1 Å². The molecule has 2 aromatic carbocycles. The molecule has 5 rings (SSSR count). The number of anilines is 1. The van der Waals surface area contributed by atoms with Crippen molar-refractivity contribution in [3.8, 4) is 5.75 Å². The third kappa shape index (κ3) is 2.60. The van der Waals surface area contributed by atoms with Crippen LogP contribution in [0.2, 0.25) is 0 Å². The molecule has 2 saturated carbocycles. The number of hydrogen-bond acceptors (Lipinski definition) is 5. The second kappa shape index (κ2) is 6.47. The van der Waals surface area contributed by atoms with E-state index in [2.05, 4.69) is 5.32 Å². The van der Waals surface area contributed by atoms with Crippen LogP contribution in [0.1, 0.15) is 52.7 Å². The number of carboxylic acids is 1. The van der Waals surface area contributed by atoms with Gasteiger partial charge >= 0.3 is 5.97 Å². The lowest BCUT2D eigenvalue weighted by atomic mass is 9.67. The van der Waals surface area contributed by atoms with Crippen LogP contribution in [-0.2, 0) is 0 Å². The number of nitrogens with zero attached hydrogens (tertiary/aromatic N) is 1. The Morgan fingerprint density at radius 3 is 2.55 bits per heavy atom. The van der Waals surface area contributed by atoms with Crippen molar-refractivity contribution < 1.29 is 19.6 Å². The molecule has 3 aliphatic rings. The summed E-state index contributed by atoms with van der Waals surface area (Å²) >= 11 is 0. The summed E-state index contributed by atoms with van der Waals surface area (Å²) in [6.07, 6.45) is 3.34. The topological polar surface area (TPSA) is 102 Å².